The van der Waals surface area contributed by atoms with Gasteiger partial charge in [-0.25, -0.2) is 0 Å². The van der Waals surface area contributed by atoms with E-state index in [0.29, 0.717) is 0 Å². The molecule has 2 aromatic heterocycles. The Bertz CT molecular complexity index is 2050. The molecule has 0 aliphatic carbocycles. The SMILES string of the molecule is CC(C)(C)c1cc[c-]c(-c2ccccn2)c1.CC(C)(C)c1ccnc(-c2[c-]cc3c4ccccc4c4ccccc4c3c2)c1.[Ir]. The summed E-state index contributed by atoms with van der Waals surface area (Å²) in [6.45, 7) is 13.3. The van der Waals surface area contributed by atoms with E-state index in [0.717, 1.165) is 22.5 Å². The van der Waals surface area contributed by atoms with E-state index in [-0.39, 0.29) is 30.9 Å². The van der Waals surface area contributed by atoms with Gasteiger partial charge in [0.05, 0.1) is 0 Å². The van der Waals surface area contributed by atoms with Crippen LogP contribution in [0.25, 0.3) is 54.8 Å². The Morgan fingerprint density at radius 2 is 1.00 bits per heavy atom. The Morgan fingerprint density at radius 1 is 0.467 bits per heavy atom. The van der Waals surface area contributed by atoms with Crippen LogP contribution in [0.5, 0.6) is 0 Å². The zero-order valence-corrected chi connectivity index (χ0v) is 29.2. The molecule has 0 spiro atoms. The second-order valence-corrected chi connectivity index (χ2v) is 13.4. The Balaban J connectivity index is 0.000000202. The molecular weight excluding hydrogens is 725 g/mol. The van der Waals surface area contributed by atoms with E-state index in [1.807, 2.05) is 36.7 Å². The van der Waals surface area contributed by atoms with Crippen molar-refractivity contribution in [2.24, 2.45) is 0 Å². The molecule has 227 valence electrons. The van der Waals surface area contributed by atoms with Gasteiger partial charge in [0.1, 0.15) is 0 Å². The Hall–Kier alpha value is -4.17. The van der Waals surface area contributed by atoms with Gasteiger partial charge >= 0.3 is 0 Å². The van der Waals surface area contributed by atoms with Crippen molar-refractivity contribution in [1.82, 2.24) is 9.97 Å². The van der Waals surface area contributed by atoms with Crippen LogP contribution >= 0.6 is 0 Å². The van der Waals surface area contributed by atoms with Crippen molar-refractivity contribution in [3.8, 4) is 22.5 Å². The molecule has 0 aliphatic rings. The molecule has 3 heteroatoms. The molecule has 0 fully saturated rings. The van der Waals surface area contributed by atoms with Crippen molar-refractivity contribution >= 4 is 32.3 Å². The first-order valence-electron chi connectivity index (χ1n) is 15.2. The van der Waals surface area contributed by atoms with Crippen molar-refractivity contribution in [2.45, 2.75) is 52.4 Å². The van der Waals surface area contributed by atoms with Crippen LogP contribution in [0, 0.1) is 12.1 Å². The van der Waals surface area contributed by atoms with Crippen molar-refractivity contribution < 1.29 is 20.1 Å². The second-order valence-electron chi connectivity index (χ2n) is 13.4. The van der Waals surface area contributed by atoms with E-state index in [4.69, 9.17) is 0 Å². The zero-order chi connectivity index (χ0) is 30.9. The van der Waals surface area contributed by atoms with Crippen LogP contribution in [0.3, 0.4) is 0 Å². The van der Waals surface area contributed by atoms with Crippen molar-refractivity contribution in [1.29, 1.82) is 0 Å². The maximum absolute atomic E-state index is 4.64. The minimum atomic E-state index is 0. The monoisotopic (exact) mass is 763 g/mol. The summed E-state index contributed by atoms with van der Waals surface area (Å²) in [5.74, 6) is 0. The topological polar surface area (TPSA) is 25.8 Å². The third kappa shape index (κ3) is 6.91. The summed E-state index contributed by atoms with van der Waals surface area (Å²) in [4.78, 5) is 8.98. The number of rotatable bonds is 2. The molecule has 45 heavy (non-hydrogen) atoms. The third-order valence-electron chi connectivity index (χ3n) is 8.19. The summed E-state index contributed by atoms with van der Waals surface area (Å²) in [5.41, 5.74) is 6.92. The minimum absolute atomic E-state index is 0. The predicted octanol–water partition coefficient (Wildman–Crippen LogP) is 11.1. The first-order chi connectivity index (χ1) is 21.1. The third-order valence-corrected chi connectivity index (χ3v) is 8.19. The molecule has 2 heterocycles. The first kappa shape index (κ1) is 32.2. The maximum Gasteiger partial charge on any atom is 0.0163 e. The van der Waals surface area contributed by atoms with Gasteiger partial charge in [-0.15, -0.1) is 59.2 Å². The minimum Gasteiger partial charge on any atom is -0.305 e. The van der Waals surface area contributed by atoms with Crippen molar-refractivity contribution in [3.05, 3.63) is 145 Å². The molecular formula is C42H38IrN2-2. The van der Waals surface area contributed by atoms with Crippen LogP contribution in [0.2, 0.25) is 0 Å². The Kier molecular flexibility index (Phi) is 9.35. The quantitative estimate of drug-likeness (QED) is 0.129. The van der Waals surface area contributed by atoms with Crippen molar-refractivity contribution in [2.75, 3.05) is 0 Å². The van der Waals surface area contributed by atoms with Crippen LogP contribution in [0.15, 0.2) is 122 Å². The molecule has 0 N–H and O–H groups in total. The number of nitrogens with zero attached hydrogens (tertiary/aromatic N) is 2. The summed E-state index contributed by atoms with van der Waals surface area (Å²) in [6, 6.07) is 44.9. The summed E-state index contributed by atoms with van der Waals surface area (Å²) >= 11 is 0. The Morgan fingerprint density at radius 3 is 1.60 bits per heavy atom. The van der Waals surface area contributed by atoms with Gasteiger partial charge in [0.15, 0.2) is 0 Å². The van der Waals surface area contributed by atoms with Gasteiger partial charge < -0.3 is 9.97 Å². The fourth-order valence-corrected chi connectivity index (χ4v) is 5.64. The van der Waals surface area contributed by atoms with Crippen LogP contribution in [0.1, 0.15) is 52.7 Å². The fourth-order valence-electron chi connectivity index (χ4n) is 5.64. The molecule has 5 aromatic carbocycles. The summed E-state index contributed by atoms with van der Waals surface area (Å²) in [5, 5.41) is 7.63. The molecule has 0 aliphatic heterocycles. The van der Waals surface area contributed by atoms with Crippen molar-refractivity contribution in [3.63, 3.8) is 0 Å². The second kappa shape index (κ2) is 13.1. The molecule has 0 bridgehead atoms. The smallest absolute Gasteiger partial charge is 0.0163 e. The van der Waals surface area contributed by atoms with Crippen LogP contribution in [-0.2, 0) is 30.9 Å². The normalized spacial score (nSPS) is 11.6. The van der Waals surface area contributed by atoms with Gasteiger partial charge in [-0.3, -0.25) is 0 Å². The average molecular weight is 763 g/mol. The number of fused-ring (bicyclic) bond motifs is 6. The van der Waals surface area contributed by atoms with Crippen LogP contribution in [-0.4, -0.2) is 9.97 Å². The maximum atomic E-state index is 4.64. The molecule has 2 nitrogen and oxygen atoms in total. The standard InChI is InChI=1S/C27H22N.C15H16N.Ir/c1-27(2,3)19-14-15-28-26(17-19)18-12-13-24-22-10-5-4-8-20(22)21-9-6-7-11-23(21)25(24)16-18;1-15(2,3)13-8-6-7-12(11-13)14-9-4-5-10-16-14;/h4-11,13-17H,1-3H3;4-6,8-11H,1-3H3;/q2*-1;. The number of benzene rings is 5. The van der Waals surface area contributed by atoms with Gasteiger partial charge in [0.2, 0.25) is 0 Å². The molecule has 0 amide bonds. The number of hydrogen-bond donors (Lipinski definition) is 0. The molecule has 0 saturated carbocycles. The summed E-state index contributed by atoms with van der Waals surface area (Å²) in [6.07, 6.45) is 3.72. The van der Waals surface area contributed by atoms with E-state index in [1.54, 1.807) is 0 Å². The van der Waals surface area contributed by atoms with Gasteiger partial charge in [0.25, 0.3) is 0 Å². The summed E-state index contributed by atoms with van der Waals surface area (Å²) < 4.78 is 0. The molecule has 0 saturated heterocycles. The van der Waals surface area contributed by atoms with E-state index in [9.17, 15) is 0 Å². The molecule has 7 rings (SSSR count). The first-order valence-corrected chi connectivity index (χ1v) is 15.2. The molecule has 1 radical (unpaired) electrons. The predicted molar refractivity (Wildman–Crippen MR) is 187 cm³/mol. The molecule has 0 unspecified atom stereocenters. The zero-order valence-electron chi connectivity index (χ0n) is 26.8. The van der Waals surface area contributed by atoms with Gasteiger partial charge in [-0.05, 0) is 56.1 Å². The Labute approximate surface area is 280 Å². The van der Waals surface area contributed by atoms with E-state index >= 15 is 0 Å². The molecule has 0 atom stereocenters. The summed E-state index contributed by atoms with van der Waals surface area (Å²) in [7, 11) is 0. The van der Waals surface area contributed by atoms with E-state index < -0.39 is 0 Å². The van der Waals surface area contributed by atoms with E-state index in [1.165, 1.54) is 43.4 Å². The molecule has 7 aromatic rings. The van der Waals surface area contributed by atoms with Gasteiger partial charge in [0, 0.05) is 32.5 Å². The number of aromatic nitrogens is 2. The van der Waals surface area contributed by atoms with Crippen LogP contribution in [0.4, 0.5) is 0 Å². The van der Waals surface area contributed by atoms with Gasteiger partial charge in [-0.1, -0.05) is 124 Å². The number of hydrogen-bond acceptors (Lipinski definition) is 2. The largest absolute Gasteiger partial charge is 0.305 e. The number of pyridine rings is 2. The van der Waals surface area contributed by atoms with Gasteiger partial charge in [-0.2, -0.15) is 0 Å². The van der Waals surface area contributed by atoms with Crippen LogP contribution < -0.4 is 0 Å². The van der Waals surface area contributed by atoms with E-state index in [2.05, 4.69) is 149 Å². The average Bonchev–Trinajstić information content (AvgIpc) is 3.05. The fraction of sp³-hybridized carbons (Fsp3) is 0.190.